The van der Waals surface area contributed by atoms with Crippen LogP contribution in [-0.4, -0.2) is 0 Å². The molecule has 0 bridgehead atoms. The van der Waals surface area contributed by atoms with Gasteiger partial charge in [-0.15, -0.1) is 0 Å². The molecule has 0 aliphatic carbocycles. The number of halogens is 3. The van der Waals surface area contributed by atoms with Gasteiger partial charge in [-0.2, -0.15) is 0 Å². The Morgan fingerprint density at radius 2 is 1.62 bits per heavy atom. The van der Waals surface area contributed by atoms with Crippen LogP contribution in [0.25, 0.3) is 0 Å². The lowest BCUT2D eigenvalue weighted by Gasteiger charge is -2.05. The number of rotatable bonds is 2. The fraction of sp³-hybridized carbons (Fsp3) is 0. The van der Waals surface area contributed by atoms with Crippen LogP contribution < -0.4 is 0 Å². The molecule has 0 saturated heterocycles. The van der Waals surface area contributed by atoms with E-state index in [0.717, 1.165) is 4.47 Å². The minimum Gasteiger partial charge on any atom is -0.0890 e. The van der Waals surface area contributed by atoms with Gasteiger partial charge in [-0.1, -0.05) is 27.7 Å². The largest absolute Gasteiger partial charge is 0.0890 e. The van der Waals surface area contributed by atoms with Gasteiger partial charge in [0.05, 0.1) is 0 Å². The molecular weight excluding hydrogens is 510 g/mol. The Morgan fingerprint density at radius 1 is 0.938 bits per heavy atom. The van der Waals surface area contributed by atoms with Crippen LogP contribution in [0.4, 0.5) is 0 Å². The first-order chi connectivity index (χ1) is 7.65. The third-order valence-corrected chi connectivity index (χ3v) is 5.49. The summed E-state index contributed by atoms with van der Waals surface area (Å²) in [4.78, 5) is 2.57. The quantitative estimate of drug-likeness (QED) is 0.454. The van der Waals surface area contributed by atoms with Crippen LogP contribution in [0.5, 0.6) is 0 Å². The highest BCUT2D eigenvalue weighted by Crippen LogP contribution is 2.32. The first-order valence-corrected chi connectivity index (χ1v) is 8.30. The van der Waals surface area contributed by atoms with E-state index in [1.165, 1.54) is 16.9 Å². The second-order valence-electron chi connectivity index (χ2n) is 3.13. The summed E-state index contributed by atoms with van der Waals surface area (Å²) in [5, 5.41) is 0. The predicted molar refractivity (Wildman–Crippen MR) is 90.1 cm³/mol. The van der Waals surface area contributed by atoms with Crippen molar-refractivity contribution in [2.24, 2.45) is 0 Å². The molecule has 0 aromatic heterocycles. The van der Waals surface area contributed by atoms with Crippen LogP contribution in [0.1, 0.15) is 0 Å². The van der Waals surface area contributed by atoms with Gasteiger partial charge in [0, 0.05) is 21.4 Å². The summed E-state index contributed by atoms with van der Waals surface area (Å²) in [6, 6.07) is 14.9. The molecule has 2 aromatic carbocycles. The van der Waals surface area contributed by atoms with Gasteiger partial charge in [-0.25, -0.2) is 0 Å². The van der Waals surface area contributed by atoms with Gasteiger partial charge in [0.15, 0.2) is 0 Å². The highest BCUT2D eigenvalue weighted by atomic mass is 127. The van der Waals surface area contributed by atoms with Gasteiger partial charge < -0.3 is 0 Å². The van der Waals surface area contributed by atoms with Gasteiger partial charge in [0.2, 0.25) is 0 Å². The Morgan fingerprint density at radius 3 is 2.25 bits per heavy atom. The topological polar surface area (TPSA) is 0 Å². The van der Waals surface area contributed by atoms with E-state index in [-0.39, 0.29) is 0 Å². The average molecular weight is 517 g/mol. The Labute approximate surface area is 135 Å². The van der Waals surface area contributed by atoms with E-state index < -0.39 is 0 Å². The Balaban J connectivity index is 2.23. The number of hydrogen-bond donors (Lipinski definition) is 0. The third kappa shape index (κ3) is 3.61. The maximum absolute atomic E-state index is 3.48. The van der Waals surface area contributed by atoms with Crippen molar-refractivity contribution in [3.8, 4) is 0 Å². The van der Waals surface area contributed by atoms with Crippen molar-refractivity contribution in [2.45, 2.75) is 9.79 Å². The highest BCUT2D eigenvalue weighted by Gasteiger charge is 2.02. The van der Waals surface area contributed by atoms with E-state index in [4.69, 9.17) is 0 Å². The van der Waals surface area contributed by atoms with Crippen molar-refractivity contribution in [1.29, 1.82) is 0 Å². The molecule has 0 saturated carbocycles. The molecule has 0 unspecified atom stereocenters. The zero-order valence-corrected chi connectivity index (χ0v) is 14.8. The highest BCUT2D eigenvalue weighted by molar-refractivity contribution is 14.1. The Bertz CT molecular complexity index is 497. The molecule has 0 radical (unpaired) electrons. The van der Waals surface area contributed by atoms with E-state index in [0.29, 0.717) is 0 Å². The summed E-state index contributed by atoms with van der Waals surface area (Å²) >= 11 is 9.96. The molecule has 0 fully saturated rings. The average Bonchev–Trinajstić information content (AvgIpc) is 2.25. The summed E-state index contributed by atoms with van der Waals surface area (Å²) in [5.74, 6) is 0. The van der Waals surface area contributed by atoms with Gasteiger partial charge >= 0.3 is 0 Å². The lowest BCUT2D eigenvalue weighted by atomic mass is 10.4. The summed E-state index contributed by atoms with van der Waals surface area (Å²) in [6.45, 7) is 0. The summed E-state index contributed by atoms with van der Waals surface area (Å²) in [6.07, 6.45) is 0. The van der Waals surface area contributed by atoms with Crippen LogP contribution in [-0.2, 0) is 0 Å². The smallest absolute Gasteiger partial charge is 0.0281 e. The summed E-state index contributed by atoms with van der Waals surface area (Å²) < 4.78 is 3.67. The minimum absolute atomic E-state index is 1.13. The number of hydrogen-bond acceptors (Lipinski definition) is 1. The maximum Gasteiger partial charge on any atom is 0.0281 e. The molecule has 16 heavy (non-hydrogen) atoms. The molecule has 4 heteroatoms. The normalized spacial score (nSPS) is 10.4. The minimum atomic E-state index is 1.13. The molecule has 0 amide bonds. The third-order valence-electron chi connectivity index (χ3n) is 1.94. The second-order valence-corrected chi connectivity index (χ2v) is 7.57. The maximum atomic E-state index is 3.48. The molecule has 0 N–H and O–H groups in total. The molecule has 0 heterocycles. The van der Waals surface area contributed by atoms with Gasteiger partial charge in [0.25, 0.3) is 0 Å². The van der Waals surface area contributed by atoms with Gasteiger partial charge in [0.1, 0.15) is 0 Å². The van der Waals surface area contributed by atoms with Crippen LogP contribution in [0, 0.1) is 7.14 Å². The van der Waals surface area contributed by atoms with E-state index >= 15 is 0 Å². The molecule has 0 atom stereocenters. The summed E-state index contributed by atoms with van der Waals surface area (Å²) in [7, 11) is 0. The van der Waals surface area contributed by atoms with Crippen LogP contribution in [0.2, 0.25) is 0 Å². The number of benzene rings is 2. The summed E-state index contributed by atoms with van der Waals surface area (Å²) in [5.41, 5.74) is 0. The van der Waals surface area contributed by atoms with Gasteiger partial charge in [-0.3, -0.25) is 0 Å². The van der Waals surface area contributed by atoms with Crippen molar-refractivity contribution in [3.05, 3.63) is 54.1 Å². The first kappa shape index (κ1) is 13.2. The van der Waals surface area contributed by atoms with Gasteiger partial charge in [-0.05, 0) is 87.6 Å². The Hall–Kier alpha value is 0.730. The fourth-order valence-corrected chi connectivity index (χ4v) is 4.00. The van der Waals surface area contributed by atoms with E-state index in [1.807, 2.05) is 0 Å². The lowest BCUT2D eigenvalue weighted by molar-refractivity contribution is 1.35. The zero-order chi connectivity index (χ0) is 11.5. The van der Waals surface area contributed by atoms with Crippen LogP contribution >= 0.6 is 72.9 Å². The van der Waals surface area contributed by atoms with E-state index in [1.54, 1.807) is 11.8 Å². The molecule has 0 aliphatic rings. The predicted octanol–water partition coefficient (Wildman–Crippen LogP) is 5.81. The zero-order valence-electron chi connectivity index (χ0n) is 8.08. The van der Waals surface area contributed by atoms with Crippen LogP contribution in [0.3, 0.4) is 0 Å². The molecular formula is C12H7BrI2S. The second kappa shape index (κ2) is 6.06. The van der Waals surface area contributed by atoms with Crippen molar-refractivity contribution >= 4 is 72.9 Å². The molecule has 82 valence electrons. The van der Waals surface area contributed by atoms with Crippen molar-refractivity contribution in [3.63, 3.8) is 0 Å². The molecule has 2 aromatic rings. The molecule has 0 nitrogen and oxygen atoms in total. The Kier molecular flexibility index (Phi) is 4.99. The fourth-order valence-electron chi connectivity index (χ4n) is 1.19. The standard InChI is InChI=1S/C12H7BrI2S/c13-8-1-6-12(11(15)7-8)16-10-4-2-9(14)3-5-10/h1-7H. The van der Waals surface area contributed by atoms with Crippen molar-refractivity contribution in [2.75, 3.05) is 0 Å². The SMILES string of the molecule is Brc1ccc(Sc2ccc(I)cc2)c(I)c1. The first-order valence-electron chi connectivity index (χ1n) is 4.53. The van der Waals surface area contributed by atoms with E-state index in [9.17, 15) is 0 Å². The lowest BCUT2D eigenvalue weighted by Crippen LogP contribution is -1.80. The monoisotopic (exact) mass is 516 g/mol. The van der Waals surface area contributed by atoms with Crippen molar-refractivity contribution < 1.29 is 0 Å². The molecule has 0 aliphatic heterocycles. The van der Waals surface area contributed by atoms with E-state index in [2.05, 4.69) is 104 Å². The molecule has 2 rings (SSSR count). The van der Waals surface area contributed by atoms with Crippen molar-refractivity contribution in [1.82, 2.24) is 0 Å². The molecule has 0 spiro atoms. The van der Waals surface area contributed by atoms with Crippen LogP contribution in [0.15, 0.2) is 56.7 Å².